The first-order valence-electron chi connectivity index (χ1n) is 7.65. The fourth-order valence-electron chi connectivity index (χ4n) is 2.51. The topological polar surface area (TPSA) is 49.8 Å². The van der Waals surface area contributed by atoms with Gasteiger partial charge in [-0.05, 0) is 12.8 Å². The van der Waals surface area contributed by atoms with Crippen LogP contribution in [0, 0.1) is 5.92 Å². The highest BCUT2D eigenvalue weighted by Crippen LogP contribution is 2.13. The third-order valence-electron chi connectivity index (χ3n) is 3.70. The summed E-state index contributed by atoms with van der Waals surface area (Å²) >= 11 is 1.75. The van der Waals surface area contributed by atoms with E-state index in [-0.39, 0.29) is 0 Å². The number of aromatic nitrogens is 1. The number of rotatable bonds is 6. The number of hydrogen-bond donors (Lipinski definition) is 1. The van der Waals surface area contributed by atoms with E-state index in [1.807, 2.05) is 7.05 Å². The molecule has 0 bridgehead atoms. The zero-order valence-electron chi connectivity index (χ0n) is 13.3. The molecule has 0 aromatic carbocycles. The highest BCUT2D eigenvalue weighted by molar-refractivity contribution is 7.09. The predicted molar refractivity (Wildman–Crippen MR) is 88.1 cm³/mol. The van der Waals surface area contributed by atoms with Gasteiger partial charge in [0.1, 0.15) is 0 Å². The van der Waals surface area contributed by atoms with E-state index >= 15 is 0 Å². The normalized spacial score (nSPS) is 19.0. The fraction of sp³-hybridized carbons (Fsp3) is 0.733. The standard InChI is InChI=1S/C15H26N4OS/c1-4-14-18-13(11-21-14)5-7-17-15(16-2)19(3)9-12-6-8-20-10-12/h11-12H,4-10H2,1-3H3,(H,16,17). The van der Waals surface area contributed by atoms with Crippen molar-refractivity contribution in [1.82, 2.24) is 15.2 Å². The van der Waals surface area contributed by atoms with Crippen molar-refractivity contribution in [3.05, 3.63) is 16.1 Å². The molecule has 118 valence electrons. The lowest BCUT2D eigenvalue weighted by molar-refractivity contribution is 0.181. The summed E-state index contributed by atoms with van der Waals surface area (Å²) < 4.78 is 5.43. The van der Waals surface area contributed by atoms with E-state index in [1.54, 1.807) is 11.3 Å². The number of ether oxygens (including phenoxy) is 1. The fourth-order valence-corrected chi connectivity index (χ4v) is 3.29. The summed E-state index contributed by atoms with van der Waals surface area (Å²) in [6, 6.07) is 0. The molecule has 1 aliphatic heterocycles. The SMILES string of the molecule is CCc1nc(CCNC(=NC)N(C)CC2CCOC2)cs1. The van der Waals surface area contributed by atoms with Crippen LogP contribution in [0.25, 0.3) is 0 Å². The van der Waals surface area contributed by atoms with Crippen LogP contribution in [0.5, 0.6) is 0 Å². The number of hydrogen-bond acceptors (Lipinski definition) is 4. The van der Waals surface area contributed by atoms with Crippen LogP contribution in [-0.2, 0) is 17.6 Å². The molecule has 1 fully saturated rings. The van der Waals surface area contributed by atoms with Crippen LogP contribution in [0.2, 0.25) is 0 Å². The van der Waals surface area contributed by atoms with Crippen LogP contribution in [0.4, 0.5) is 0 Å². The van der Waals surface area contributed by atoms with Gasteiger partial charge in [0.2, 0.25) is 0 Å². The number of aliphatic imine (C=N–C) groups is 1. The minimum Gasteiger partial charge on any atom is -0.381 e. The average Bonchev–Trinajstić information content (AvgIpc) is 3.14. The molecule has 21 heavy (non-hydrogen) atoms. The largest absolute Gasteiger partial charge is 0.381 e. The molecule has 0 saturated carbocycles. The van der Waals surface area contributed by atoms with E-state index in [0.717, 1.165) is 51.5 Å². The first kappa shape index (κ1) is 16.2. The molecule has 1 saturated heterocycles. The number of aryl methyl sites for hydroxylation is 1. The van der Waals surface area contributed by atoms with Crippen molar-refractivity contribution < 1.29 is 4.74 Å². The smallest absolute Gasteiger partial charge is 0.193 e. The summed E-state index contributed by atoms with van der Waals surface area (Å²) in [7, 11) is 3.92. The molecular formula is C15H26N4OS. The van der Waals surface area contributed by atoms with Crippen LogP contribution < -0.4 is 5.32 Å². The molecule has 6 heteroatoms. The Balaban J connectivity index is 1.73. The van der Waals surface area contributed by atoms with E-state index in [1.165, 1.54) is 10.7 Å². The van der Waals surface area contributed by atoms with Crippen molar-refractivity contribution in [3.8, 4) is 0 Å². The van der Waals surface area contributed by atoms with Gasteiger partial charge in [0, 0.05) is 51.5 Å². The molecule has 1 aromatic heterocycles. The Hall–Kier alpha value is -1.14. The average molecular weight is 310 g/mol. The molecule has 0 amide bonds. The lowest BCUT2D eigenvalue weighted by Crippen LogP contribution is -2.42. The van der Waals surface area contributed by atoms with E-state index < -0.39 is 0 Å². The van der Waals surface area contributed by atoms with Gasteiger partial charge >= 0.3 is 0 Å². The summed E-state index contributed by atoms with van der Waals surface area (Å²) in [6.45, 7) is 5.78. The van der Waals surface area contributed by atoms with Gasteiger partial charge in [-0.3, -0.25) is 4.99 Å². The van der Waals surface area contributed by atoms with Crippen molar-refractivity contribution >= 4 is 17.3 Å². The minimum absolute atomic E-state index is 0.624. The van der Waals surface area contributed by atoms with Gasteiger partial charge in [-0.25, -0.2) is 4.98 Å². The van der Waals surface area contributed by atoms with Gasteiger partial charge in [-0.2, -0.15) is 0 Å². The lowest BCUT2D eigenvalue weighted by Gasteiger charge is -2.24. The van der Waals surface area contributed by atoms with Gasteiger partial charge in [0.15, 0.2) is 5.96 Å². The number of guanidine groups is 1. The predicted octanol–water partition coefficient (Wildman–Crippen LogP) is 1.79. The molecule has 2 rings (SSSR count). The van der Waals surface area contributed by atoms with Crippen LogP contribution in [0.1, 0.15) is 24.0 Å². The van der Waals surface area contributed by atoms with E-state index in [0.29, 0.717) is 5.92 Å². The Morgan fingerprint density at radius 1 is 1.62 bits per heavy atom. The Morgan fingerprint density at radius 2 is 2.48 bits per heavy atom. The summed E-state index contributed by atoms with van der Waals surface area (Å²) in [5.41, 5.74) is 1.17. The summed E-state index contributed by atoms with van der Waals surface area (Å²) in [6.07, 6.45) is 3.11. The van der Waals surface area contributed by atoms with Gasteiger partial charge in [-0.15, -0.1) is 11.3 Å². The highest BCUT2D eigenvalue weighted by Gasteiger charge is 2.18. The molecule has 0 radical (unpaired) electrons. The summed E-state index contributed by atoms with van der Waals surface area (Å²) in [5.74, 6) is 1.58. The first-order valence-corrected chi connectivity index (χ1v) is 8.53. The van der Waals surface area contributed by atoms with Gasteiger partial charge in [0.25, 0.3) is 0 Å². The van der Waals surface area contributed by atoms with Crippen molar-refractivity contribution in [1.29, 1.82) is 0 Å². The molecule has 2 heterocycles. The highest BCUT2D eigenvalue weighted by atomic mass is 32.1. The van der Waals surface area contributed by atoms with Crippen LogP contribution in [-0.4, -0.2) is 56.2 Å². The minimum atomic E-state index is 0.624. The van der Waals surface area contributed by atoms with Gasteiger partial charge in [0.05, 0.1) is 17.3 Å². The second kappa shape index (κ2) is 8.34. The molecule has 1 unspecified atom stereocenters. The molecule has 5 nitrogen and oxygen atoms in total. The Bertz CT molecular complexity index is 454. The van der Waals surface area contributed by atoms with Gasteiger partial charge in [-0.1, -0.05) is 6.92 Å². The monoisotopic (exact) mass is 310 g/mol. The maximum absolute atomic E-state index is 5.43. The molecule has 1 aromatic rings. The second-order valence-corrected chi connectivity index (χ2v) is 6.36. The van der Waals surface area contributed by atoms with Gasteiger partial charge < -0.3 is 15.0 Å². The third-order valence-corrected chi connectivity index (χ3v) is 4.74. The second-order valence-electron chi connectivity index (χ2n) is 5.42. The van der Waals surface area contributed by atoms with Crippen molar-refractivity contribution in [2.75, 3.05) is 40.4 Å². The molecule has 1 atom stereocenters. The molecule has 1 N–H and O–H groups in total. The third kappa shape index (κ3) is 4.97. The van der Waals surface area contributed by atoms with Crippen LogP contribution in [0.15, 0.2) is 10.4 Å². The quantitative estimate of drug-likeness (QED) is 0.643. The van der Waals surface area contributed by atoms with Crippen molar-refractivity contribution in [2.24, 2.45) is 10.9 Å². The first-order chi connectivity index (χ1) is 10.2. The zero-order chi connectivity index (χ0) is 15.1. The van der Waals surface area contributed by atoms with E-state index in [2.05, 4.69) is 39.5 Å². The molecule has 1 aliphatic rings. The summed E-state index contributed by atoms with van der Waals surface area (Å²) in [5, 5.41) is 6.79. The Kier molecular flexibility index (Phi) is 6.45. The number of nitrogens with zero attached hydrogens (tertiary/aromatic N) is 3. The zero-order valence-corrected chi connectivity index (χ0v) is 14.1. The Labute approximate surface area is 131 Å². The Morgan fingerprint density at radius 3 is 3.10 bits per heavy atom. The van der Waals surface area contributed by atoms with Crippen LogP contribution in [0.3, 0.4) is 0 Å². The molecule has 0 spiro atoms. The number of thiazole rings is 1. The number of nitrogens with one attached hydrogen (secondary N) is 1. The van der Waals surface area contributed by atoms with E-state index in [4.69, 9.17) is 4.74 Å². The maximum Gasteiger partial charge on any atom is 0.193 e. The van der Waals surface area contributed by atoms with Crippen LogP contribution >= 0.6 is 11.3 Å². The lowest BCUT2D eigenvalue weighted by atomic mass is 10.1. The van der Waals surface area contributed by atoms with E-state index in [9.17, 15) is 0 Å². The van der Waals surface area contributed by atoms with Crippen molar-refractivity contribution in [2.45, 2.75) is 26.2 Å². The maximum atomic E-state index is 5.43. The summed E-state index contributed by atoms with van der Waals surface area (Å²) in [4.78, 5) is 11.1. The van der Waals surface area contributed by atoms with Crippen molar-refractivity contribution in [3.63, 3.8) is 0 Å². The molecular weight excluding hydrogens is 284 g/mol. The molecule has 0 aliphatic carbocycles.